The molecular formula is C29H49N3O4. The molecule has 1 aromatic carbocycles. The molecule has 2 N–H and O–H groups in total. The van der Waals surface area contributed by atoms with Crippen LogP contribution in [0.4, 0.5) is 4.79 Å². The van der Waals surface area contributed by atoms with E-state index in [0.29, 0.717) is 12.3 Å². The van der Waals surface area contributed by atoms with Gasteiger partial charge >= 0.3 is 6.09 Å². The summed E-state index contributed by atoms with van der Waals surface area (Å²) in [7, 11) is 0. The molecule has 7 nitrogen and oxygen atoms in total. The van der Waals surface area contributed by atoms with Gasteiger partial charge in [-0.25, -0.2) is 4.79 Å². The van der Waals surface area contributed by atoms with E-state index in [9.17, 15) is 14.4 Å². The van der Waals surface area contributed by atoms with Crippen LogP contribution in [0.25, 0.3) is 0 Å². The van der Waals surface area contributed by atoms with Crippen molar-refractivity contribution in [2.24, 2.45) is 11.8 Å². The first-order valence-corrected chi connectivity index (χ1v) is 13.3. The lowest BCUT2D eigenvalue weighted by molar-refractivity contribution is -0.146. The average molecular weight is 504 g/mol. The van der Waals surface area contributed by atoms with Crippen molar-refractivity contribution in [1.82, 2.24) is 15.5 Å². The van der Waals surface area contributed by atoms with Gasteiger partial charge in [0.15, 0.2) is 0 Å². The van der Waals surface area contributed by atoms with Crippen molar-refractivity contribution in [2.75, 3.05) is 0 Å². The third-order valence-electron chi connectivity index (χ3n) is 6.12. The third-order valence-corrected chi connectivity index (χ3v) is 6.12. The summed E-state index contributed by atoms with van der Waals surface area (Å²) >= 11 is 0. The second-order valence-corrected chi connectivity index (χ2v) is 11.6. The number of amides is 3. The number of hydrogen-bond acceptors (Lipinski definition) is 4. The maximum atomic E-state index is 14.3. The Morgan fingerprint density at radius 1 is 0.917 bits per heavy atom. The van der Waals surface area contributed by atoms with E-state index in [1.165, 1.54) is 0 Å². The van der Waals surface area contributed by atoms with Crippen LogP contribution in [-0.2, 0) is 14.3 Å². The first-order chi connectivity index (χ1) is 16.7. The predicted octanol–water partition coefficient (Wildman–Crippen LogP) is 5.85. The molecule has 0 fully saturated rings. The number of carbonyl (C=O) groups excluding carboxylic acids is 3. The van der Waals surface area contributed by atoms with E-state index in [1.807, 2.05) is 65.0 Å². The lowest BCUT2D eigenvalue weighted by Crippen LogP contribution is -2.57. The number of hydrogen-bond donors (Lipinski definition) is 2. The summed E-state index contributed by atoms with van der Waals surface area (Å²) in [6, 6.07) is 7.42. The largest absolute Gasteiger partial charge is 0.444 e. The Morgan fingerprint density at radius 3 is 1.97 bits per heavy atom. The van der Waals surface area contributed by atoms with E-state index in [2.05, 4.69) is 24.5 Å². The molecule has 1 aromatic rings. The molecule has 0 saturated heterocycles. The second-order valence-electron chi connectivity index (χ2n) is 11.6. The zero-order chi connectivity index (χ0) is 27.6. The molecule has 0 spiro atoms. The van der Waals surface area contributed by atoms with E-state index >= 15 is 0 Å². The van der Waals surface area contributed by atoms with Crippen molar-refractivity contribution in [3.63, 3.8) is 0 Å². The predicted molar refractivity (Wildman–Crippen MR) is 145 cm³/mol. The van der Waals surface area contributed by atoms with Crippen molar-refractivity contribution in [1.29, 1.82) is 0 Å². The fraction of sp³-hybridized carbons (Fsp3) is 0.690. The number of benzene rings is 1. The molecule has 1 rings (SSSR count). The van der Waals surface area contributed by atoms with E-state index in [4.69, 9.17) is 4.74 Å². The Balaban J connectivity index is 3.57. The van der Waals surface area contributed by atoms with E-state index in [0.717, 1.165) is 18.4 Å². The molecule has 0 aliphatic heterocycles. The molecule has 7 heteroatoms. The molecule has 36 heavy (non-hydrogen) atoms. The van der Waals surface area contributed by atoms with Crippen LogP contribution >= 0.6 is 0 Å². The molecule has 3 amide bonds. The molecule has 0 aromatic heterocycles. The highest BCUT2D eigenvalue weighted by atomic mass is 16.6. The number of alkyl carbamates (subject to hydrolysis) is 1. The molecule has 204 valence electrons. The standard InChI is InChI=1S/C29H49N3O4/c1-11-21(6)24(31-28(35)36-29(8,9)10)27(34)32(22(7)18-17-19(2)3)25(26(33)30-20(4)5)23-15-13-12-14-16-23/h12-16,19-22,24-25H,11,17-18H2,1-10H3,(H,30,33)(H,31,35). The van der Waals surface area contributed by atoms with Gasteiger partial charge in [-0.2, -0.15) is 0 Å². The third kappa shape index (κ3) is 10.2. The van der Waals surface area contributed by atoms with Crippen LogP contribution in [0.5, 0.6) is 0 Å². The lowest BCUT2D eigenvalue weighted by Gasteiger charge is -2.40. The van der Waals surface area contributed by atoms with Crippen LogP contribution in [0.1, 0.15) is 100 Å². The fourth-order valence-corrected chi connectivity index (χ4v) is 4.03. The summed E-state index contributed by atoms with van der Waals surface area (Å²) in [5, 5.41) is 5.83. The van der Waals surface area contributed by atoms with Crippen LogP contribution in [-0.4, -0.2) is 46.5 Å². The van der Waals surface area contributed by atoms with Crippen molar-refractivity contribution >= 4 is 17.9 Å². The first kappa shape index (κ1) is 31.5. The number of nitrogens with zero attached hydrogens (tertiary/aromatic N) is 1. The number of ether oxygens (including phenoxy) is 1. The maximum absolute atomic E-state index is 14.3. The van der Waals surface area contributed by atoms with Gasteiger partial charge in [-0.3, -0.25) is 9.59 Å². The van der Waals surface area contributed by atoms with Crippen LogP contribution < -0.4 is 10.6 Å². The molecule has 0 heterocycles. The molecule has 4 unspecified atom stereocenters. The van der Waals surface area contributed by atoms with E-state index < -0.39 is 23.8 Å². The summed E-state index contributed by atoms with van der Waals surface area (Å²) < 4.78 is 5.48. The number of nitrogens with one attached hydrogen (secondary N) is 2. The van der Waals surface area contributed by atoms with Crippen molar-refractivity contribution < 1.29 is 19.1 Å². The molecule has 4 atom stereocenters. The molecule has 0 aliphatic carbocycles. The SMILES string of the molecule is CCC(C)C(NC(=O)OC(C)(C)C)C(=O)N(C(C)CCC(C)C)C(C(=O)NC(C)C)c1ccccc1. The van der Waals surface area contributed by atoms with Gasteiger partial charge in [0, 0.05) is 12.1 Å². The molecule has 0 bridgehead atoms. The fourth-order valence-electron chi connectivity index (χ4n) is 4.03. The van der Waals surface area contributed by atoms with E-state index in [1.54, 1.807) is 25.7 Å². The van der Waals surface area contributed by atoms with Gasteiger partial charge in [0.2, 0.25) is 11.8 Å². The van der Waals surface area contributed by atoms with Gasteiger partial charge in [0.25, 0.3) is 0 Å². The quantitative estimate of drug-likeness (QED) is 0.375. The van der Waals surface area contributed by atoms with Gasteiger partial charge in [-0.1, -0.05) is 64.4 Å². The van der Waals surface area contributed by atoms with Crippen LogP contribution in [0, 0.1) is 11.8 Å². The minimum Gasteiger partial charge on any atom is -0.444 e. The zero-order valence-electron chi connectivity index (χ0n) is 24.1. The Labute approximate surface area is 218 Å². The molecule has 0 aliphatic rings. The monoisotopic (exact) mass is 503 g/mol. The zero-order valence-corrected chi connectivity index (χ0v) is 24.1. The smallest absolute Gasteiger partial charge is 0.408 e. The second kappa shape index (κ2) is 14.2. The highest BCUT2D eigenvalue weighted by molar-refractivity contribution is 5.92. The van der Waals surface area contributed by atoms with E-state index in [-0.39, 0.29) is 29.8 Å². The van der Waals surface area contributed by atoms with Gasteiger partial charge in [-0.15, -0.1) is 0 Å². The Hall–Kier alpha value is -2.57. The summed E-state index contributed by atoms with van der Waals surface area (Å²) in [5.41, 5.74) is 0.0433. The Bertz CT molecular complexity index is 833. The first-order valence-electron chi connectivity index (χ1n) is 13.3. The maximum Gasteiger partial charge on any atom is 0.408 e. The highest BCUT2D eigenvalue weighted by Gasteiger charge is 2.40. The van der Waals surface area contributed by atoms with Crippen molar-refractivity contribution in [2.45, 2.75) is 118 Å². The van der Waals surface area contributed by atoms with Crippen molar-refractivity contribution in [3.8, 4) is 0 Å². The minimum absolute atomic E-state index is 0.0862. The normalized spacial score (nSPS) is 15.1. The minimum atomic E-state index is -0.829. The average Bonchev–Trinajstić information content (AvgIpc) is 2.77. The molecule has 0 radical (unpaired) electrons. The van der Waals surface area contributed by atoms with Crippen LogP contribution in [0.2, 0.25) is 0 Å². The number of carbonyl (C=O) groups is 3. The van der Waals surface area contributed by atoms with Crippen LogP contribution in [0.15, 0.2) is 30.3 Å². The topological polar surface area (TPSA) is 87.7 Å². The van der Waals surface area contributed by atoms with Gasteiger partial charge in [0.1, 0.15) is 17.7 Å². The van der Waals surface area contributed by atoms with Crippen molar-refractivity contribution in [3.05, 3.63) is 35.9 Å². The Morgan fingerprint density at radius 2 is 1.50 bits per heavy atom. The Kier molecular flexibility index (Phi) is 12.4. The summed E-state index contributed by atoms with van der Waals surface area (Å²) in [6.07, 6.45) is 1.68. The number of rotatable bonds is 12. The summed E-state index contributed by atoms with van der Waals surface area (Å²) in [5.74, 6) is -0.218. The highest BCUT2D eigenvalue weighted by Crippen LogP contribution is 2.29. The van der Waals surface area contributed by atoms with Gasteiger partial charge in [-0.05, 0) is 71.8 Å². The lowest BCUT2D eigenvalue weighted by atomic mass is 9.93. The van der Waals surface area contributed by atoms with Gasteiger partial charge in [0.05, 0.1) is 0 Å². The molecular weight excluding hydrogens is 454 g/mol. The summed E-state index contributed by atoms with van der Waals surface area (Å²) in [6.45, 7) is 19.4. The summed E-state index contributed by atoms with van der Waals surface area (Å²) in [4.78, 5) is 42.3. The van der Waals surface area contributed by atoms with Gasteiger partial charge < -0.3 is 20.3 Å². The molecule has 0 saturated carbocycles. The van der Waals surface area contributed by atoms with Crippen LogP contribution in [0.3, 0.4) is 0 Å².